The fourth-order valence-electron chi connectivity index (χ4n) is 1.38. The molecule has 0 saturated heterocycles. The van der Waals surface area contributed by atoms with E-state index in [1.807, 2.05) is 18.2 Å². The van der Waals surface area contributed by atoms with Crippen molar-refractivity contribution in [3.05, 3.63) is 23.2 Å². The fraction of sp³-hybridized carbons (Fsp3) is 0.500. The summed E-state index contributed by atoms with van der Waals surface area (Å²) < 4.78 is 5.14. The van der Waals surface area contributed by atoms with Crippen molar-refractivity contribution in [2.75, 3.05) is 19.0 Å². The topological polar surface area (TPSA) is 21.3 Å². The van der Waals surface area contributed by atoms with Gasteiger partial charge in [0.25, 0.3) is 0 Å². The normalized spacial score (nSPS) is 10.1. The molecule has 0 amide bonds. The molecule has 0 aromatic heterocycles. The third-order valence-electron chi connectivity index (χ3n) is 2.26. The predicted molar refractivity (Wildman–Crippen MR) is 66.0 cm³/mol. The number of unbranched alkanes of at least 4 members (excludes halogenated alkanes) is 2. The summed E-state index contributed by atoms with van der Waals surface area (Å²) in [7, 11) is 1.63. The molecule has 1 rings (SSSR count). The first kappa shape index (κ1) is 12.2. The summed E-state index contributed by atoms with van der Waals surface area (Å²) in [5.74, 6) is 0.720. The van der Waals surface area contributed by atoms with Crippen LogP contribution in [0.4, 0.5) is 5.69 Å². The molecule has 3 heteroatoms. The van der Waals surface area contributed by atoms with E-state index < -0.39 is 0 Å². The Morgan fingerprint density at radius 2 is 2.13 bits per heavy atom. The Balaban J connectivity index is 2.47. The summed E-state index contributed by atoms with van der Waals surface area (Å²) in [6.07, 6.45) is 3.70. The average molecular weight is 228 g/mol. The maximum atomic E-state index is 5.93. The minimum atomic E-state index is 0.650. The number of nitrogens with one attached hydrogen (secondary N) is 1. The lowest BCUT2D eigenvalue weighted by Crippen LogP contribution is -2.01. The van der Waals surface area contributed by atoms with Gasteiger partial charge in [0.2, 0.25) is 0 Å². The van der Waals surface area contributed by atoms with Crippen LogP contribution in [0.1, 0.15) is 26.2 Å². The smallest absolute Gasteiger partial charge is 0.139 e. The van der Waals surface area contributed by atoms with Gasteiger partial charge in [0.1, 0.15) is 5.75 Å². The highest BCUT2D eigenvalue weighted by Gasteiger charge is 2.00. The molecule has 15 heavy (non-hydrogen) atoms. The molecule has 1 aromatic carbocycles. The maximum Gasteiger partial charge on any atom is 0.139 e. The molecule has 0 aliphatic rings. The molecule has 1 N–H and O–H groups in total. The van der Waals surface area contributed by atoms with Gasteiger partial charge in [-0.15, -0.1) is 0 Å². The van der Waals surface area contributed by atoms with E-state index in [1.54, 1.807) is 7.11 Å². The Kier molecular flexibility index (Phi) is 5.33. The highest BCUT2D eigenvalue weighted by Crippen LogP contribution is 2.27. The van der Waals surface area contributed by atoms with Crippen LogP contribution in [-0.4, -0.2) is 13.7 Å². The number of hydrogen-bond donors (Lipinski definition) is 1. The molecule has 0 spiro atoms. The van der Waals surface area contributed by atoms with Crippen molar-refractivity contribution < 1.29 is 4.74 Å². The average Bonchev–Trinajstić information content (AvgIpc) is 2.26. The maximum absolute atomic E-state index is 5.93. The summed E-state index contributed by atoms with van der Waals surface area (Å²) in [6, 6.07) is 5.74. The third-order valence-corrected chi connectivity index (χ3v) is 2.57. The number of methoxy groups -OCH3 is 1. The molecule has 0 aliphatic carbocycles. The van der Waals surface area contributed by atoms with Crippen molar-refractivity contribution >= 4 is 17.3 Å². The minimum Gasteiger partial charge on any atom is -0.495 e. The zero-order valence-corrected chi connectivity index (χ0v) is 10.1. The highest BCUT2D eigenvalue weighted by molar-refractivity contribution is 6.32. The van der Waals surface area contributed by atoms with Crippen molar-refractivity contribution in [3.63, 3.8) is 0 Å². The number of ether oxygens (including phenoxy) is 1. The van der Waals surface area contributed by atoms with Gasteiger partial charge in [-0.1, -0.05) is 31.4 Å². The summed E-state index contributed by atoms with van der Waals surface area (Å²) in [5.41, 5.74) is 1.06. The third kappa shape index (κ3) is 4.00. The standard InChI is InChI=1S/C12H18ClNO/c1-3-4-5-8-14-10-6-7-11(13)12(9-10)15-2/h6-7,9,14H,3-5,8H2,1-2H3. The van der Waals surface area contributed by atoms with E-state index in [4.69, 9.17) is 16.3 Å². The molecule has 0 saturated carbocycles. The predicted octanol–water partition coefficient (Wildman–Crippen LogP) is 3.95. The van der Waals surface area contributed by atoms with Gasteiger partial charge in [-0.3, -0.25) is 0 Å². The summed E-state index contributed by atoms with van der Waals surface area (Å²) >= 11 is 5.93. The molecule has 0 radical (unpaired) electrons. The van der Waals surface area contributed by atoms with Crippen LogP contribution in [0.25, 0.3) is 0 Å². The number of halogens is 1. The first-order chi connectivity index (χ1) is 7.27. The van der Waals surface area contributed by atoms with E-state index in [0.717, 1.165) is 18.0 Å². The monoisotopic (exact) mass is 227 g/mol. The molecule has 84 valence electrons. The zero-order chi connectivity index (χ0) is 11.1. The van der Waals surface area contributed by atoms with Crippen molar-refractivity contribution in [3.8, 4) is 5.75 Å². The molecule has 0 fully saturated rings. The molecule has 0 bridgehead atoms. The summed E-state index contributed by atoms with van der Waals surface area (Å²) in [5, 5.41) is 3.99. The van der Waals surface area contributed by atoms with Gasteiger partial charge in [0.15, 0.2) is 0 Å². The number of benzene rings is 1. The largest absolute Gasteiger partial charge is 0.495 e. The molecule has 0 aliphatic heterocycles. The lowest BCUT2D eigenvalue weighted by Gasteiger charge is -2.08. The van der Waals surface area contributed by atoms with Crippen LogP contribution in [0.3, 0.4) is 0 Å². The van der Waals surface area contributed by atoms with Gasteiger partial charge in [0.05, 0.1) is 12.1 Å². The van der Waals surface area contributed by atoms with E-state index in [0.29, 0.717) is 5.02 Å². The van der Waals surface area contributed by atoms with Gasteiger partial charge < -0.3 is 10.1 Å². The fourth-order valence-corrected chi connectivity index (χ4v) is 1.57. The van der Waals surface area contributed by atoms with Crippen molar-refractivity contribution in [2.24, 2.45) is 0 Å². The lowest BCUT2D eigenvalue weighted by molar-refractivity contribution is 0.415. The minimum absolute atomic E-state index is 0.650. The Morgan fingerprint density at radius 1 is 1.33 bits per heavy atom. The van der Waals surface area contributed by atoms with Gasteiger partial charge >= 0.3 is 0 Å². The number of rotatable bonds is 6. The van der Waals surface area contributed by atoms with Crippen LogP contribution in [-0.2, 0) is 0 Å². The molecule has 1 aromatic rings. The Hall–Kier alpha value is -0.890. The van der Waals surface area contributed by atoms with Crippen molar-refractivity contribution in [1.29, 1.82) is 0 Å². The number of hydrogen-bond acceptors (Lipinski definition) is 2. The van der Waals surface area contributed by atoms with E-state index >= 15 is 0 Å². The first-order valence-corrected chi connectivity index (χ1v) is 5.73. The second kappa shape index (κ2) is 6.57. The van der Waals surface area contributed by atoms with E-state index in [-0.39, 0.29) is 0 Å². The summed E-state index contributed by atoms with van der Waals surface area (Å²) in [4.78, 5) is 0. The van der Waals surface area contributed by atoms with Crippen LogP contribution in [0.15, 0.2) is 18.2 Å². The van der Waals surface area contributed by atoms with Gasteiger partial charge in [-0.05, 0) is 18.6 Å². The Morgan fingerprint density at radius 3 is 2.80 bits per heavy atom. The van der Waals surface area contributed by atoms with Crippen LogP contribution in [0.5, 0.6) is 5.75 Å². The Labute approximate surface area is 96.6 Å². The molecular formula is C12H18ClNO. The molecule has 0 atom stereocenters. The SMILES string of the molecule is CCCCCNc1ccc(Cl)c(OC)c1. The van der Waals surface area contributed by atoms with Gasteiger partial charge in [0, 0.05) is 18.3 Å². The van der Waals surface area contributed by atoms with Crippen molar-refractivity contribution in [2.45, 2.75) is 26.2 Å². The molecule has 0 heterocycles. The highest BCUT2D eigenvalue weighted by atomic mass is 35.5. The molecule has 0 unspecified atom stereocenters. The Bertz CT molecular complexity index is 302. The number of anilines is 1. The summed E-state index contributed by atoms with van der Waals surface area (Å²) in [6.45, 7) is 3.20. The van der Waals surface area contributed by atoms with Crippen LogP contribution in [0.2, 0.25) is 5.02 Å². The first-order valence-electron chi connectivity index (χ1n) is 5.35. The van der Waals surface area contributed by atoms with Crippen LogP contribution >= 0.6 is 11.6 Å². The van der Waals surface area contributed by atoms with Crippen molar-refractivity contribution in [1.82, 2.24) is 0 Å². The van der Waals surface area contributed by atoms with E-state index in [1.165, 1.54) is 19.3 Å². The van der Waals surface area contributed by atoms with Crippen LogP contribution < -0.4 is 10.1 Å². The second-order valence-corrected chi connectivity index (χ2v) is 3.89. The van der Waals surface area contributed by atoms with E-state index in [2.05, 4.69) is 12.2 Å². The lowest BCUT2D eigenvalue weighted by atomic mass is 10.2. The van der Waals surface area contributed by atoms with E-state index in [9.17, 15) is 0 Å². The van der Waals surface area contributed by atoms with Crippen LogP contribution in [0, 0.1) is 0 Å². The van der Waals surface area contributed by atoms with Gasteiger partial charge in [-0.2, -0.15) is 0 Å². The quantitative estimate of drug-likeness (QED) is 0.743. The zero-order valence-electron chi connectivity index (χ0n) is 9.35. The second-order valence-electron chi connectivity index (χ2n) is 3.48. The molecular weight excluding hydrogens is 210 g/mol. The molecule has 2 nitrogen and oxygen atoms in total. The van der Waals surface area contributed by atoms with Gasteiger partial charge in [-0.25, -0.2) is 0 Å².